The zero-order valence-electron chi connectivity index (χ0n) is 23.8. The van der Waals surface area contributed by atoms with Crippen LogP contribution in [0, 0.1) is 11.8 Å². The Morgan fingerprint density at radius 3 is 2.97 bits per heavy atom. The molecule has 0 radical (unpaired) electrons. The highest BCUT2D eigenvalue weighted by atomic mass is 15.1. The van der Waals surface area contributed by atoms with Gasteiger partial charge in [-0.15, -0.1) is 5.73 Å². The summed E-state index contributed by atoms with van der Waals surface area (Å²) in [5.74, 6) is 0.816. The second-order valence-corrected chi connectivity index (χ2v) is 11.1. The molecule has 38 heavy (non-hydrogen) atoms. The molecule has 4 atom stereocenters. The third-order valence-electron chi connectivity index (χ3n) is 8.26. The van der Waals surface area contributed by atoms with Crippen LogP contribution in [0.2, 0.25) is 0 Å². The first-order valence-electron chi connectivity index (χ1n) is 14.5. The minimum atomic E-state index is 0.265. The second kappa shape index (κ2) is 13.6. The van der Waals surface area contributed by atoms with Crippen molar-refractivity contribution in [3.63, 3.8) is 0 Å². The lowest BCUT2D eigenvalue weighted by Gasteiger charge is -2.25. The van der Waals surface area contributed by atoms with E-state index >= 15 is 0 Å². The molecule has 1 aliphatic carbocycles. The van der Waals surface area contributed by atoms with Crippen LogP contribution in [-0.2, 0) is 0 Å². The monoisotopic (exact) mass is 510 g/mol. The molecule has 3 aliphatic rings. The molecule has 202 valence electrons. The molecule has 0 aromatic carbocycles. The normalized spacial score (nSPS) is 24.7. The average molecular weight is 511 g/mol. The maximum atomic E-state index is 4.53. The van der Waals surface area contributed by atoms with Crippen LogP contribution in [0.3, 0.4) is 0 Å². The molecule has 2 N–H and O–H groups in total. The Morgan fingerprint density at radius 1 is 1.32 bits per heavy atom. The molecule has 4 nitrogen and oxygen atoms in total. The van der Waals surface area contributed by atoms with Gasteiger partial charge in [0.25, 0.3) is 0 Å². The van der Waals surface area contributed by atoms with Crippen LogP contribution < -0.4 is 5.32 Å². The van der Waals surface area contributed by atoms with Gasteiger partial charge in [0, 0.05) is 42.0 Å². The molecule has 0 saturated carbocycles. The van der Waals surface area contributed by atoms with Gasteiger partial charge in [-0.2, -0.15) is 5.10 Å². The predicted octanol–water partition coefficient (Wildman–Crippen LogP) is 8.33. The standard InChI is InChI=1S/C34H46N4/c1-6-25(3)12-11-21-38-20-9-8-14-31(24-38)28(7-2)22-30-19-18-29(17-16-26(30)4)32-23-35-37-34(32)33-15-10-13-27(5)36-33/h6,8-10,13-14,19-20,23-24,27-28,30,33,36H,4,7,11-12,15-17,21-22H2,1-3,5H3,(H,35,37)/b25-6+. The summed E-state index contributed by atoms with van der Waals surface area (Å²) in [7, 11) is 0. The molecule has 4 rings (SSSR count). The highest BCUT2D eigenvalue weighted by Gasteiger charge is 2.24. The zero-order chi connectivity index (χ0) is 26.9. The Balaban J connectivity index is 1.49. The van der Waals surface area contributed by atoms with Crippen LogP contribution in [0.15, 0.2) is 90.2 Å². The third kappa shape index (κ3) is 7.28. The first-order chi connectivity index (χ1) is 18.5. The molecule has 0 saturated heterocycles. The number of aromatic nitrogens is 2. The summed E-state index contributed by atoms with van der Waals surface area (Å²) in [6.45, 7) is 14.4. The molecule has 2 aliphatic heterocycles. The van der Waals surface area contributed by atoms with E-state index < -0.39 is 0 Å². The smallest absolute Gasteiger partial charge is 0.0606 e. The summed E-state index contributed by atoms with van der Waals surface area (Å²) in [6, 6.07) is 0.635. The molecule has 4 unspecified atom stereocenters. The van der Waals surface area contributed by atoms with E-state index in [0.29, 0.717) is 17.9 Å². The Labute approximate surface area is 230 Å². The van der Waals surface area contributed by atoms with Gasteiger partial charge < -0.3 is 10.2 Å². The minimum Gasteiger partial charge on any atom is -0.354 e. The molecule has 0 spiro atoms. The largest absolute Gasteiger partial charge is 0.354 e. The van der Waals surface area contributed by atoms with Gasteiger partial charge in [-0.1, -0.05) is 55.0 Å². The maximum Gasteiger partial charge on any atom is 0.0606 e. The van der Waals surface area contributed by atoms with Gasteiger partial charge in [-0.05, 0) is 89.4 Å². The fourth-order valence-electron chi connectivity index (χ4n) is 5.69. The summed E-state index contributed by atoms with van der Waals surface area (Å²) >= 11 is 0. The molecular formula is C34H46N4. The average Bonchev–Trinajstić information content (AvgIpc) is 3.19. The van der Waals surface area contributed by atoms with E-state index in [1.54, 1.807) is 0 Å². The Bertz CT molecular complexity index is 1180. The van der Waals surface area contributed by atoms with Crippen LogP contribution in [0.4, 0.5) is 0 Å². The van der Waals surface area contributed by atoms with Gasteiger partial charge in [-0.3, -0.25) is 5.10 Å². The Morgan fingerprint density at radius 2 is 2.18 bits per heavy atom. The van der Waals surface area contributed by atoms with E-state index in [-0.39, 0.29) is 6.04 Å². The summed E-state index contributed by atoms with van der Waals surface area (Å²) in [5.41, 5.74) is 11.5. The number of allylic oxidation sites excluding steroid dienone is 8. The fourth-order valence-corrected chi connectivity index (χ4v) is 5.69. The second-order valence-electron chi connectivity index (χ2n) is 11.1. The van der Waals surface area contributed by atoms with Crippen LogP contribution in [0.5, 0.6) is 0 Å². The van der Waals surface area contributed by atoms with E-state index in [2.05, 4.69) is 115 Å². The number of aromatic amines is 1. The van der Waals surface area contributed by atoms with E-state index in [0.717, 1.165) is 45.1 Å². The third-order valence-corrected chi connectivity index (χ3v) is 8.26. The zero-order valence-corrected chi connectivity index (χ0v) is 23.8. The van der Waals surface area contributed by atoms with Crippen molar-refractivity contribution in [2.75, 3.05) is 6.54 Å². The number of nitrogens with zero attached hydrogens (tertiary/aromatic N) is 2. The minimum absolute atomic E-state index is 0.265. The van der Waals surface area contributed by atoms with Crippen LogP contribution in [-0.4, -0.2) is 27.7 Å². The van der Waals surface area contributed by atoms with E-state index in [9.17, 15) is 0 Å². The van der Waals surface area contributed by atoms with Crippen molar-refractivity contribution in [1.29, 1.82) is 0 Å². The molecule has 0 amide bonds. The van der Waals surface area contributed by atoms with Crippen molar-refractivity contribution in [2.24, 2.45) is 11.8 Å². The molecule has 0 fully saturated rings. The quantitative estimate of drug-likeness (QED) is 0.246. The summed E-state index contributed by atoms with van der Waals surface area (Å²) in [5, 5.41) is 11.4. The fraction of sp³-hybridized carbons (Fsp3) is 0.471. The van der Waals surface area contributed by atoms with Crippen LogP contribution >= 0.6 is 0 Å². The maximum absolute atomic E-state index is 4.53. The number of hydrogen-bond donors (Lipinski definition) is 2. The summed E-state index contributed by atoms with van der Waals surface area (Å²) in [4.78, 5) is 2.37. The van der Waals surface area contributed by atoms with Gasteiger partial charge in [0.1, 0.15) is 0 Å². The lowest BCUT2D eigenvalue weighted by molar-refractivity contribution is 0.455. The molecule has 4 heteroatoms. The van der Waals surface area contributed by atoms with Crippen molar-refractivity contribution in [3.05, 3.63) is 101 Å². The lowest BCUT2D eigenvalue weighted by atomic mass is 9.83. The Kier molecular flexibility index (Phi) is 10.0. The number of rotatable bonds is 10. The first-order valence-corrected chi connectivity index (χ1v) is 14.5. The predicted molar refractivity (Wildman–Crippen MR) is 161 cm³/mol. The van der Waals surface area contributed by atoms with E-state index in [1.807, 2.05) is 6.20 Å². The van der Waals surface area contributed by atoms with E-state index in [4.69, 9.17) is 0 Å². The van der Waals surface area contributed by atoms with Gasteiger partial charge in [-0.25, -0.2) is 0 Å². The lowest BCUT2D eigenvalue weighted by Crippen LogP contribution is -2.32. The van der Waals surface area contributed by atoms with Crippen molar-refractivity contribution < 1.29 is 0 Å². The van der Waals surface area contributed by atoms with Crippen LogP contribution in [0.25, 0.3) is 5.57 Å². The SMILES string of the molecule is C=C1CCC(c2cn[nH]c2C2CC=CC(C)N2)=C=CC1CC(CC)C1=CN(CCC/C(C)=C/C)C=CC=C1. The summed E-state index contributed by atoms with van der Waals surface area (Å²) < 4.78 is 0. The Hall–Kier alpha value is -3.07. The van der Waals surface area contributed by atoms with Crippen molar-refractivity contribution in [1.82, 2.24) is 20.4 Å². The van der Waals surface area contributed by atoms with Crippen molar-refractivity contribution in [3.8, 4) is 0 Å². The van der Waals surface area contributed by atoms with Crippen LogP contribution in [0.1, 0.15) is 89.9 Å². The van der Waals surface area contributed by atoms with Crippen molar-refractivity contribution in [2.45, 2.75) is 84.7 Å². The topological polar surface area (TPSA) is 44.0 Å². The highest BCUT2D eigenvalue weighted by molar-refractivity contribution is 5.67. The molecular weight excluding hydrogens is 464 g/mol. The number of hydrogen-bond acceptors (Lipinski definition) is 3. The van der Waals surface area contributed by atoms with Gasteiger partial charge in [0.2, 0.25) is 0 Å². The molecule has 0 bridgehead atoms. The molecule has 1 aromatic rings. The van der Waals surface area contributed by atoms with Gasteiger partial charge in [0.05, 0.1) is 17.9 Å². The number of nitrogens with one attached hydrogen (secondary N) is 2. The van der Waals surface area contributed by atoms with E-state index in [1.165, 1.54) is 40.0 Å². The van der Waals surface area contributed by atoms with Crippen molar-refractivity contribution >= 4 is 5.57 Å². The summed E-state index contributed by atoms with van der Waals surface area (Å²) in [6.07, 6.45) is 29.7. The molecule has 3 heterocycles. The van der Waals surface area contributed by atoms with Gasteiger partial charge in [0.15, 0.2) is 0 Å². The highest BCUT2D eigenvalue weighted by Crippen LogP contribution is 2.36. The van der Waals surface area contributed by atoms with Gasteiger partial charge >= 0.3 is 0 Å². The first kappa shape index (κ1) is 28.0. The molecule has 1 aromatic heterocycles. The number of H-pyrrole nitrogens is 1.